The number of rotatable bonds is 7. The Morgan fingerprint density at radius 3 is 2.88 bits per heavy atom. The van der Waals surface area contributed by atoms with E-state index in [9.17, 15) is 0 Å². The second-order valence-electron chi connectivity index (χ2n) is 4.62. The average Bonchev–Trinajstić information content (AvgIpc) is 2.61. The molecule has 0 aliphatic heterocycles. The minimum atomic E-state index is 0.696. The molecule has 1 N–H and O–H groups in total. The Labute approximate surface area is 98.6 Å². The van der Waals surface area contributed by atoms with E-state index in [0.717, 1.165) is 26.1 Å². The molecule has 0 bridgehead atoms. The second kappa shape index (κ2) is 6.66. The lowest BCUT2D eigenvalue weighted by molar-refractivity contribution is 0.284. The van der Waals surface area contributed by atoms with Crippen LogP contribution in [0.5, 0.6) is 0 Å². The standard InChI is InChI=1S/C12H24N4/c1-11(9-13-2)10-15(3)8-6-12-5-7-14-16(12)4/h5,7,11,13H,6,8-10H2,1-4H3. The fourth-order valence-corrected chi connectivity index (χ4v) is 1.99. The van der Waals surface area contributed by atoms with Crippen LogP contribution in [0.25, 0.3) is 0 Å². The van der Waals surface area contributed by atoms with E-state index in [-0.39, 0.29) is 0 Å². The fraction of sp³-hybridized carbons (Fsp3) is 0.750. The van der Waals surface area contributed by atoms with Gasteiger partial charge in [0.05, 0.1) is 0 Å². The van der Waals surface area contributed by atoms with Crippen LogP contribution in [0.3, 0.4) is 0 Å². The van der Waals surface area contributed by atoms with Crippen molar-refractivity contribution in [3.8, 4) is 0 Å². The van der Waals surface area contributed by atoms with Crippen molar-refractivity contribution in [2.75, 3.05) is 33.7 Å². The van der Waals surface area contributed by atoms with Crippen molar-refractivity contribution >= 4 is 0 Å². The van der Waals surface area contributed by atoms with Crippen molar-refractivity contribution < 1.29 is 0 Å². The molecule has 0 aliphatic carbocycles. The van der Waals surface area contributed by atoms with E-state index in [1.54, 1.807) is 0 Å². The second-order valence-corrected chi connectivity index (χ2v) is 4.62. The van der Waals surface area contributed by atoms with Crippen LogP contribution in [0.15, 0.2) is 12.3 Å². The first kappa shape index (κ1) is 13.2. The Kier molecular flexibility index (Phi) is 5.49. The average molecular weight is 224 g/mol. The van der Waals surface area contributed by atoms with Crippen LogP contribution in [-0.4, -0.2) is 48.4 Å². The van der Waals surface area contributed by atoms with Gasteiger partial charge in [0.1, 0.15) is 0 Å². The summed E-state index contributed by atoms with van der Waals surface area (Å²) in [6.45, 7) is 5.58. The molecular formula is C12H24N4. The molecule has 0 amide bonds. The monoisotopic (exact) mass is 224 g/mol. The Morgan fingerprint density at radius 2 is 2.31 bits per heavy atom. The zero-order valence-electron chi connectivity index (χ0n) is 10.9. The van der Waals surface area contributed by atoms with E-state index in [0.29, 0.717) is 5.92 Å². The van der Waals surface area contributed by atoms with Crippen LogP contribution in [0.1, 0.15) is 12.6 Å². The van der Waals surface area contributed by atoms with Crippen molar-refractivity contribution in [3.63, 3.8) is 0 Å². The molecule has 1 unspecified atom stereocenters. The largest absolute Gasteiger partial charge is 0.319 e. The van der Waals surface area contributed by atoms with Gasteiger partial charge >= 0.3 is 0 Å². The molecule has 4 heteroatoms. The molecule has 1 aromatic rings. The van der Waals surface area contributed by atoms with Gasteiger partial charge in [0.2, 0.25) is 0 Å². The molecule has 0 radical (unpaired) electrons. The molecule has 0 aromatic carbocycles. The van der Waals surface area contributed by atoms with Gasteiger partial charge in [-0.3, -0.25) is 4.68 Å². The SMILES string of the molecule is CNCC(C)CN(C)CCc1ccnn1C. The Hall–Kier alpha value is -0.870. The molecule has 0 fully saturated rings. The van der Waals surface area contributed by atoms with Crippen molar-refractivity contribution in [1.82, 2.24) is 20.0 Å². The normalized spacial score (nSPS) is 13.3. The van der Waals surface area contributed by atoms with E-state index >= 15 is 0 Å². The zero-order valence-corrected chi connectivity index (χ0v) is 10.9. The van der Waals surface area contributed by atoms with Crippen molar-refractivity contribution in [2.24, 2.45) is 13.0 Å². The Bertz CT molecular complexity index is 295. The Morgan fingerprint density at radius 1 is 1.56 bits per heavy atom. The summed E-state index contributed by atoms with van der Waals surface area (Å²) in [4.78, 5) is 2.38. The summed E-state index contributed by atoms with van der Waals surface area (Å²) < 4.78 is 1.95. The maximum atomic E-state index is 4.17. The molecule has 0 spiro atoms. The smallest absolute Gasteiger partial charge is 0.0492 e. The first-order valence-electron chi connectivity index (χ1n) is 5.93. The van der Waals surface area contributed by atoms with Gasteiger partial charge < -0.3 is 10.2 Å². The third kappa shape index (κ3) is 4.33. The number of hydrogen-bond acceptors (Lipinski definition) is 3. The summed E-state index contributed by atoms with van der Waals surface area (Å²) >= 11 is 0. The van der Waals surface area contributed by atoms with Gasteiger partial charge in [-0.15, -0.1) is 0 Å². The lowest BCUT2D eigenvalue weighted by Crippen LogP contribution is -2.31. The summed E-state index contributed by atoms with van der Waals surface area (Å²) in [6.07, 6.45) is 2.93. The van der Waals surface area contributed by atoms with Crippen molar-refractivity contribution in [3.05, 3.63) is 18.0 Å². The van der Waals surface area contributed by atoms with Gasteiger partial charge in [0.15, 0.2) is 0 Å². The summed E-state index contributed by atoms with van der Waals surface area (Å²) in [6, 6.07) is 2.09. The molecule has 1 atom stereocenters. The summed E-state index contributed by atoms with van der Waals surface area (Å²) in [5.74, 6) is 0.696. The van der Waals surface area contributed by atoms with Gasteiger partial charge in [0.25, 0.3) is 0 Å². The van der Waals surface area contributed by atoms with Crippen molar-refractivity contribution in [2.45, 2.75) is 13.3 Å². The fourth-order valence-electron chi connectivity index (χ4n) is 1.99. The van der Waals surface area contributed by atoms with Crippen LogP contribution in [0, 0.1) is 5.92 Å². The first-order valence-corrected chi connectivity index (χ1v) is 5.93. The predicted molar refractivity (Wildman–Crippen MR) is 67.5 cm³/mol. The predicted octanol–water partition coefficient (Wildman–Crippen LogP) is 0.750. The number of hydrogen-bond donors (Lipinski definition) is 1. The summed E-state index contributed by atoms with van der Waals surface area (Å²) in [7, 11) is 6.19. The lowest BCUT2D eigenvalue weighted by atomic mass is 10.1. The van der Waals surface area contributed by atoms with E-state index < -0.39 is 0 Å². The molecular weight excluding hydrogens is 200 g/mol. The maximum absolute atomic E-state index is 4.17. The number of nitrogens with zero attached hydrogens (tertiary/aromatic N) is 3. The minimum absolute atomic E-state index is 0.696. The zero-order chi connectivity index (χ0) is 12.0. The molecule has 92 valence electrons. The summed E-state index contributed by atoms with van der Waals surface area (Å²) in [5, 5.41) is 7.38. The lowest BCUT2D eigenvalue weighted by Gasteiger charge is -2.21. The third-order valence-electron chi connectivity index (χ3n) is 2.85. The van der Waals surface area contributed by atoms with Crippen LogP contribution in [0.2, 0.25) is 0 Å². The van der Waals surface area contributed by atoms with Crippen molar-refractivity contribution in [1.29, 1.82) is 0 Å². The van der Waals surface area contributed by atoms with E-state index in [2.05, 4.69) is 35.4 Å². The van der Waals surface area contributed by atoms with E-state index in [1.165, 1.54) is 5.69 Å². The van der Waals surface area contributed by atoms with Gasteiger partial charge in [-0.25, -0.2) is 0 Å². The van der Waals surface area contributed by atoms with Gasteiger partial charge in [-0.1, -0.05) is 6.92 Å². The molecule has 4 nitrogen and oxygen atoms in total. The molecule has 0 saturated carbocycles. The van der Waals surface area contributed by atoms with Gasteiger partial charge in [-0.2, -0.15) is 5.10 Å². The Balaban J connectivity index is 2.25. The molecule has 1 aromatic heterocycles. The van der Waals surface area contributed by atoms with Gasteiger partial charge in [0, 0.05) is 38.4 Å². The number of nitrogens with one attached hydrogen (secondary N) is 1. The number of likely N-dealkylation sites (N-methyl/N-ethyl adjacent to an activating group) is 1. The highest BCUT2D eigenvalue weighted by Gasteiger charge is 2.06. The third-order valence-corrected chi connectivity index (χ3v) is 2.85. The summed E-state index contributed by atoms with van der Waals surface area (Å²) in [5.41, 5.74) is 1.30. The number of aryl methyl sites for hydroxylation is 1. The highest BCUT2D eigenvalue weighted by molar-refractivity contribution is 5.00. The van der Waals surface area contributed by atoms with E-state index in [4.69, 9.17) is 0 Å². The quantitative estimate of drug-likeness (QED) is 0.742. The van der Waals surface area contributed by atoms with Crippen LogP contribution in [-0.2, 0) is 13.5 Å². The highest BCUT2D eigenvalue weighted by Crippen LogP contribution is 2.01. The van der Waals surface area contributed by atoms with Crippen LogP contribution < -0.4 is 5.32 Å². The van der Waals surface area contributed by atoms with Crippen LogP contribution in [0.4, 0.5) is 0 Å². The maximum Gasteiger partial charge on any atom is 0.0492 e. The molecule has 1 heterocycles. The molecule has 0 aliphatic rings. The highest BCUT2D eigenvalue weighted by atomic mass is 15.3. The topological polar surface area (TPSA) is 33.1 Å². The molecule has 1 rings (SSSR count). The first-order chi connectivity index (χ1) is 7.63. The molecule has 16 heavy (non-hydrogen) atoms. The van der Waals surface area contributed by atoms with E-state index in [1.807, 2.05) is 25.0 Å². The minimum Gasteiger partial charge on any atom is -0.319 e. The number of aromatic nitrogens is 2. The van der Waals surface area contributed by atoms with Gasteiger partial charge in [-0.05, 0) is 32.6 Å². The van der Waals surface area contributed by atoms with Crippen LogP contribution >= 0.6 is 0 Å². The molecule has 0 saturated heterocycles.